The molecule has 140 valence electrons. The number of hydrogen-bond donors (Lipinski definition) is 1. The molecule has 5 heteroatoms. The molecule has 27 heavy (non-hydrogen) atoms. The summed E-state index contributed by atoms with van der Waals surface area (Å²) in [6.45, 7) is 7.16. The summed E-state index contributed by atoms with van der Waals surface area (Å²) >= 11 is 0. The highest BCUT2D eigenvalue weighted by Gasteiger charge is 2.37. The molecule has 5 nitrogen and oxygen atoms in total. The van der Waals surface area contributed by atoms with E-state index in [1.54, 1.807) is 19.9 Å². The maximum atomic E-state index is 13.1. The second-order valence-electron chi connectivity index (χ2n) is 7.58. The number of hydrogen-bond acceptors (Lipinski definition) is 3. The SMILES string of the molecule is Cc1cccc(/C=C2/Oc3ccc(C)cc3N(CC(C)(C)C(=O)O)C2=O)c1. The molecular formula is C22H23NO4. The fourth-order valence-electron chi connectivity index (χ4n) is 2.95. The van der Waals surface area contributed by atoms with Crippen molar-refractivity contribution in [2.75, 3.05) is 11.4 Å². The number of fused-ring (bicyclic) bond motifs is 1. The van der Waals surface area contributed by atoms with E-state index < -0.39 is 11.4 Å². The Morgan fingerprint density at radius 1 is 1.15 bits per heavy atom. The summed E-state index contributed by atoms with van der Waals surface area (Å²) in [7, 11) is 0. The zero-order chi connectivity index (χ0) is 19.8. The van der Waals surface area contributed by atoms with Crippen molar-refractivity contribution in [2.45, 2.75) is 27.7 Å². The van der Waals surface area contributed by atoms with E-state index in [1.165, 1.54) is 4.90 Å². The first kappa shape index (κ1) is 18.7. The van der Waals surface area contributed by atoms with Crippen LogP contribution in [-0.4, -0.2) is 23.5 Å². The Labute approximate surface area is 158 Å². The fourth-order valence-corrected chi connectivity index (χ4v) is 2.95. The van der Waals surface area contributed by atoms with Gasteiger partial charge in [0, 0.05) is 6.54 Å². The van der Waals surface area contributed by atoms with E-state index in [0.29, 0.717) is 11.4 Å². The van der Waals surface area contributed by atoms with Crippen LogP contribution in [0.1, 0.15) is 30.5 Å². The van der Waals surface area contributed by atoms with Crippen molar-refractivity contribution < 1.29 is 19.4 Å². The normalized spacial score (nSPS) is 15.5. The van der Waals surface area contributed by atoms with Crippen LogP contribution in [0, 0.1) is 19.3 Å². The smallest absolute Gasteiger partial charge is 0.310 e. The maximum Gasteiger partial charge on any atom is 0.310 e. The van der Waals surface area contributed by atoms with Crippen LogP contribution in [0.15, 0.2) is 48.2 Å². The van der Waals surface area contributed by atoms with Gasteiger partial charge in [0.1, 0.15) is 0 Å². The van der Waals surface area contributed by atoms with Crippen LogP contribution < -0.4 is 9.64 Å². The highest BCUT2D eigenvalue weighted by atomic mass is 16.5. The number of carboxylic acid groups (broad SMARTS) is 1. The number of benzene rings is 2. The summed E-state index contributed by atoms with van der Waals surface area (Å²) in [5.41, 5.74) is 2.40. The van der Waals surface area contributed by atoms with Crippen molar-refractivity contribution in [3.63, 3.8) is 0 Å². The first-order chi connectivity index (χ1) is 12.7. The van der Waals surface area contributed by atoms with Gasteiger partial charge in [-0.1, -0.05) is 35.9 Å². The Balaban J connectivity index is 2.07. The number of nitrogens with zero attached hydrogens (tertiary/aromatic N) is 1. The Hall–Kier alpha value is -3.08. The molecule has 0 saturated heterocycles. The molecule has 0 aromatic heterocycles. The van der Waals surface area contributed by atoms with E-state index >= 15 is 0 Å². The quantitative estimate of drug-likeness (QED) is 0.826. The highest BCUT2D eigenvalue weighted by Crippen LogP contribution is 2.38. The summed E-state index contributed by atoms with van der Waals surface area (Å²) in [4.78, 5) is 26.2. The molecule has 3 rings (SSSR count). The van der Waals surface area contributed by atoms with E-state index in [4.69, 9.17) is 4.74 Å². The third-order valence-electron chi connectivity index (χ3n) is 4.55. The van der Waals surface area contributed by atoms with Gasteiger partial charge >= 0.3 is 5.97 Å². The standard InChI is InChI=1S/C22H23NO4/c1-14-6-5-7-16(10-14)12-19-20(24)23(13-22(3,4)21(25)26)17-11-15(2)8-9-18(17)27-19/h5-12H,13H2,1-4H3,(H,25,26)/b19-12+. The Bertz CT molecular complexity index is 943. The average molecular weight is 365 g/mol. The number of aryl methyl sites for hydroxylation is 2. The zero-order valence-corrected chi connectivity index (χ0v) is 15.9. The second-order valence-corrected chi connectivity index (χ2v) is 7.58. The van der Waals surface area contributed by atoms with Gasteiger partial charge in [-0.3, -0.25) is 9.59 Å². The Morgan fingerprint density at radius 2 is 1.85 bits per heavy atom. The van der Waals surface area contributed by atoms with E-state index in [2.05, 4.69) is 0 Å². The Kier molecular flexibility index (Phi) is 4.79. The molecule has 0 fully saturated rings. The lowest BCUT2D eigenvalue weighted by molar-refractivity contribution is -0.146. The van der Waals surface area contributed by atoms with E-state index in [-0.39, 0.29) is 18.2 Å². The van der Waals surface area contributed by atoms with Crippen LogP contribution in [0.5, 0.6) is 5.75 Å². The number of anilines is 1. The van der Waals surface area contributed by atoms with Gasteiger partial charge in [0.2, 0.25) is 0 Å². The van der Waals surface area contributed by atoms with Crippen molar-refractivity contribution >= 4 is 23.6 Å². The van der Waals surface area contributed by atoms with Gasteiger partial charge in [0.25, 0.3) is 5.91 Å². The number of carbonyl (C=O) groups is 2. The van der Waals surface area contributed by atoms with Gasteiger partial charge in [-0.25, -0.2) is 0 Å². The molecule has 2 aromatic carbocycles. The molecule has 1 amide bonds. The van der Waals surface area contributed by atoms with Gasteiger partial charge in [0.15, 0.2) is 11.5 Å². The summed E-state index contributed by atoms with van der Waals surface area (Å²) < 4.78 is 5.87. The van der Waals surface area contributed by atoms with Crippen LogP contribution in [0.2, 0.25) is 0 Å². The van der Waals surface area contributed by atoms with Crippen molar-refractivity contribution in [1.29, 1.82) is 0 Å². The molecule has 2 aromatic rings. The van der Waals surface area contributed by atoms with Crippen molar-refractivity contribution in [2.24, 2.45) is 5.41 Å². The summed E-state index contributed by atoms with van der Waals surface area (Å²) in [6, 6.07) is 13.3. The molecule has 0 aliphatic carbocycles. The van der Waals surface area contributed by atoms with Crippen LogP contribution in [0.25, 0.3) is 6.08 Å². The molecule has 1 aliphatic rings. The number of rotatable bonds is 4. The van der Waals surface area contributed by atoms with E-state index in [9.17, 15) is 14.7 Å². The summed E-state index contributed by atoms with van der Waals surface area (Å²) in [5.74, 6) is -0.581. The number of amides is 1. The monoisotopic (exact) mass is 365 g/mol. The third-order valence-corrected chi connectivity index (χ3v) is 4.55. The van der Waals surface area contributed by atoms with Crippen LogP contribution in [0.4, 0.5) is 5.69 Å². The first-order valence-corrected chi connectivity index (χ1v) is 8.79. The van der Waals surface area contributed by atoms with Gasteiger partial charge in [-0.15, -0.1) is 0 Å². The summed E-state index contributed by atoms with van der Waals surface area (Å²) in [6.07, 6.45) is 1.69. The lowest BCUT2D eigenvalue weighted by Crippen LogP contribution is -2.45. The molecule has 1 aliphatic heterocycles. The molecule has 0 bridgehead atoms. The third kappa shape index (κ3) is 3.87. The number of aliphatic carboxylic acids is 1. The van der Waals surface area contributed by atoms with Gasteiger partial charge < -0.3 is 14.7 Å². The highest BCUT2D eigenvalue weighted by molar-refractivity contribution is 6.10. The molecule has 1 N–H and O–H groups in total. The zero-order valence-electron chi connectivity index (χ0n) is 15.9. The molecule has 0 unspecified atom stereocenters. The van der Waals surface area contributed by atoms with Crippen LogP contribution in [0.3, 0.4) is 0 Å². The van der Waals surface area contributed by atoms with Crippen LogP contribution >= 0.6 is 0 Å². The van der Waals surface area contributed by atoms with Crippen LogP contribution in [-0.2, 0) is 9.59 Å². The van der Waals surface area contributed by atoms with Gasteiger partial charge in [-0.05, 0) is 57.0 Å². The first-order valence-electron chi connectivity index (χ1n) is 8.79. The van der Waals surface area contributed by atoms with Gasteiger partial charge in [0.05, 0.1) is 11.1 Å². The predicted octanol–water partition coefficient (Wildman–Crippen LogP) is 4.18. The molecule has 0 saturated carbocycles. The van der Waals surface area contributed by atoms with Crippen molar-refractivity contribution in [1.82, 2.24) is 0 Å². The number of ether oxygens (including phenoxy) is 1. The largest absolute Gasteiger partial charge is 0.481 e. The second kappa shape index (κ2) is 6.91. The summed E-state index contributed by atoms with van der Waals surface area (Å²) in [5, 5.41) is 9.51. The van der Waals surface area contributed by atoms with Gasteiger partial charge in [-0.2, -0.15) is 0 Å². The van der Waals surface area contributed by atoms with Crippen molar-refractivity contribution in [3.8, 4) is 5.75 Å². The number of carboxylic acids is 1. The average Bonchev–Trinajstić information content (AvgIpc) is 2.59. The molecule has 1 heterocycles. The minimum Gasteiger partial charge on any atom is -0.481 e. The lowest BCUT2D eigenvalue weighted by Gasteiger charge is -2.34. The minimum absolute atomic E-state index is 0.0478. The minimum atomic E-state index is -1.09. The molecule has 0 radical (unpaired) electrons. The topological polar surface area (TPSA) is 66.8 Å². The van der Waals surface area contributed by atoms with Crippen molar-refractivity contribution in [3.05, 3.63) is 64.9 Å². The number of carbonyl (C=O) groups excluding carboxylic acids is 1. The molecular weight excluding hydrogens is 342 g/mol. The maximum absolute atomic E-state index is 13.1. The Morgan fingerprint density at radius 3 is 2.52 bits per heavy atom. The molecule has 0 atom stereocenters. The van der Waals surface area contributed by atoms with E-state index in [0.717, 1.165) is 16.7 Å². The molecule has 0 spiro atoms. The predicted molar refractivity (Wildman–Crippen MR) is 105 cm³/mol. The lowest BCUT2D eigenvalue weighted by atomic mass is 9.92. The van der Waals surface area contributed by atoms with E-state index in [1.807, 2.05) is 56.3 Å². The fraction of sp³-hybridized carbons (Fsp3) is 0.273.